The number of nitrogens with zero attached hydrogens (tertiary/aromatic N) is 1. The Labute approximate surface area is 230 Å². The number of benzene rings is 2. The maximum atomic E-state index is 13.2. The van der Waals surface area contributed by atoms with E-state index in [1.807, 2.05) is 48.5 Å². The second kappa shape index (κ2) is 15.0. The minimum absolute atomic E-state index is 0.189. The van der Waals surface area contributed by atoms with Crippen molar-refractivity contribution in [3.63, 3.8) is 0 Å². The van der Waals surface area contributed by atoms with Crippen molar-refractivity contribution in [3.05, 3.63) is 71.8 Å². The number of aliphatic hydroxyl groups excluding tert-OH is 1. The number of carbonyl (C=O) groups is 3. The van der Waals surface area contributed by atoms with E-state index >= 15 is 0 Å². The number of aliphatic hydroxyl groups is 1. The molecule has 2 aromatic carbocycles. The van der Waals surface area contributed by atoms with Gasteiger partial charge in [0.1, 0.15) is 18.4 Å². The largest absolute Gasteiger partial charge is 0.492 e. The summed E-state index contributed by atoms with van der Waals surface area (Å²) in [6.07, 6.45) is 4.42. The van der Waals surface area contributed by atoms with Crippen molar-refractivity contribution in [1.29, 1.82) is 0 Å². The molecule has 39 heavy (non-hydrogen) atoms. The van der Waals surface area contributed by atoms with Gasteiger partial charge >= 0.3 is 0 Å². The van der Waals surface area contributed by atoms with Gasteiger partial charge in [-0.1, -0.05) is 66.2 Å². The van der Waals surface area contributed by atoms with Gasteiger partial charge in [-0.25, -0.2) is 0 Å². The van der Waals surface area contributed by atoms with Crippen LogP contribution in [0.5, 0.6) is 5.75 Å². The van der Waals surface area contributed by atoms with E-state index in [-0.39, 0.29) is 30.8 Å². The molecule has 2 aliphatic rings. The highest BCUT2D eigenvalue weighted by molar-refractivity contribution is 5.92. The highest BCUT2D eigenvalue weighted by Crippen LogP contribution is 2.33. The first-order chi connectivity index (χ1) is 18.8. The summed E-state index contributed by atoms with van der Waals surface area (Å²) in [5.41, 5.74) is 2.20. The SMILES string of the molecule is CC(O)C1C(=O)NCC(=O)NC/C=C/c2ccccc2OCCNC(C2CC2)C(=O)N1C.Cc1ccccc1. The molecule has 9 nitrogen and oxygen atoms in total. The van der Waals surface area contributed by atoms with E-state index in [2.05, 4.69) is 35.0 Å². The van der Waals surface area contributed by atoms with Crippen molar-refractivity contribution in [2.45, 2.75) is 44.9 Å². The minimum atomic E-state index is -1.10. The monoisotopic (exact) mass is 536 g/mol. The first-order valence-electron chi connectivity index (χ1n) is 13.4. The molecule has 3 atom stereocenters. The standard InChI is InChI=1S/C23H32N4O5.C7H8/c1-15(28)21-22(30)26-14-19(29)24-11-5-7-16-6-3-4-8-18(16)32-13-12-25-20(17-9-10-17)23(31)27(21)2;1-7-5-3-2-4-6-7/h3-8,15,17,20-21,25,28H,9-14H2,1-2H3,(H,24,29)(H,26,30);2-6H,1H3/b7-5+;. The van der Waals surface area contributed by atoms with Crippen molar-refractivity contribution in [1.82, 2.24) is 20.9 Å². The lowest BCUT2D eigenvalue weighted by Gasteiger charge is -2.32. The van der Waals surface area contributed by atoms with E-state index in [0.29, 0.717) is 18.9 Å². The molecule has 1 saturated carbocycles. The number of para-hydroxylation sites is 1. The van der Waals surface area contributed by atoms with Gasteiger partial charge in [0.05, 0.1) is 18.7 Å². The molecular formula is C30H40N4O5. The van der Waals surface area contributed by atoms with Gasteiger partial charge in [0.2, 0.25) is 17.7 Å². The quantitative estimate of drug-likeness (QED) is 0.466. The third-order valence-corrected chi connectivity index (χ3v) is 6.57. The lowest BCUT2D eigenvalue weighted by molar-refractivity contribution is -0.144. The molecule has 1 aliphatic carbocycles. The Kier molecular flexibility index (Phi) is 11.5. The third-order valence-electron chi connectivity index (χ3n) is 6.57. The maximum absolute atomic E-state index is 13.2. The molecule has 1 heterocycles. The van der Waals surface area contributed by atoms with E-state index in [1.165, 1.54) is 24.4 Å². The lowest BCUT2D eigenvalue weighted by atomic mass is 10.1. The molecule has 1 aliphatic heterocycles. The Morgan fingerprint density at radius 3 is 2.33 bits per heavy atom. The number of carbonyl (C=O) groups excluding carboxylic acids is 3. The molecule has 3 amide bonds. The predicted octanol–water partition coefficient (Wildman–Crippen LogP) is 1.90. The van der Waals surface area contributed by atoms with Crippen LogP contribution in [0, 0.1) is 12.8 Å². The molecular weight excluding hydrogens is 496 g/mol. The highest BCUT2D eigenvalue weighted by atomic mass is 16.5. The number of hydrogen-bond acceptors (Lipinski definition) is 6. The average Bonchev–Trinajstić information content (AvgIpc) is 3.76. The first-order valence-corrected chi connectivity index (χ1v) is 13.4. The Morgan fingerprint density at radius 2 is 1.69 bits per heavy atom. The molecule has 0 radical (unpaired) electrons. The van der Waals surface area contributed by atoms with Crippen LogP contribution < -0.4 is 20.7 Å². The van der Waals surface area contributed by atoms with Crippen LogP contribution in [-0.2, 0) is 14.4 Å². The van der Waals surface area contributed by atoms with Crippen LogP contribution in [0.2, 0.25) is 0 Å². The smallest absolute Gasteiger partial charge is 0.245 e. The predicted molar refractivity (Wildman–Crippen MR) is 151 cm³/mol. The number of likely N-dealkylation sites (N-methyl/N-ethyl adjacent to an activating group) is 1. The van der Waals surface area contributed by atoms with Crippen LogP contribution in [0.25, 0.3) is 6.08 Å². The summed E-state index contributed by atoms with van der Waals surface area (Å²) >= 11 is 0. The average molecular weight is 537 g/mol. The summed E-state index contributed by atoms with van der Waals surface area (Å²) in [7, 11) is 1.51. The Hall–Kier alpha value is -3.69. The molecule has 0 aromatic heterocycles. The number of nitrogens with one attached hydrogen (secondary N) is 3. The summed E-state index contributed by atoms with van der Waals surface area (Å²) in [4.78, 5) is 39.2. The lowest BCUT2D eigenvalue weighted by Crippen LogP contribution is -2.58. The topological polar surface area (TPSA) is 120 Å². The van der Waals surface area contributed by atoms with E-state index in [1.54, 1.807) is 6.08 Å². The fourth-order valence-electron chi connectivity index (χ4n) is 4.31. The zero-order valence-electron chi connectivity index (χ0n) is 22.9. The molecule has 4 N–H and O–H groups in total. The maximum Gasteiger partial charge on any atom is 0.245 e. The number of ether oxygens (including phenoxy) is 1. The van der Waals surface area contributed by atoms with E-state index in [0.717, 1.165) is 18.4 Å². The van der Waals surface area contributed by atoms with Crippen molar-refractivity contribution in [3.8, 4) is 5.75 Å². The molecule has 1 fully saturated rings. The number of fused-ring (bicyclic) bond motifs is 1. The third kappa shape index (κ3) is 9.53. The fraction of sp³-hybridized carbons (Fsp3) is 0.433. The number of aryl methyl sites for hydroxylation is 1. The molecule has 9 heteroatoms. The van der Waals surface area contributed by atoms with Crippen LogP contribution in [0.15, 0.2) is 60.7 Å². The molecule has 0 spiro atoms. The van der Waals surface area contributed by atoms with Gasteiger partial charge in [-0.15, -0.1) is 0 Å². The molecule has 4 rings (SSSR count). The summed E-state index contributed by atoms with van der Waals surface area (Å²) in [6.45, 7) is 4.39. The number of rotatable bonds is 2. The second-order valence-electron chi connectivity index (χ2n) is 9.87. The van der Waals surface area contributed by atoms with Gasteiger partial charge in [-0.3, -0.25) is 14.4 Å². The van der Waals surface area contributed by atoms with Crippen LogP contribution in [0.4, 0.5) is 0 Å². The summed E-state index contributed by atoms with van der Waals surface area (Å²) < 4.78 is 5.91. The highest BCUT2D eigenvalue weighted by Gasteiger charge is 2.41. The van der Waals surface area contributed by atoms with Crippen molar-refractivity contribution in [2.75, 3.05) is 33.3 Å². The number of amides is 3. The first kappa shape index (κ1) is 29.9. The summed E-state index contributed by atoms with van der Waals surface area (Å²) in [6, 6.07) is 16.3. The normalized spacial score (nSPS) is 22.9. The van der Waals surface area contributed by atoms with E-state index in [9.17, 15) is 19.5 Å². The van der Waals surface area contributed by atoms with Gasteiger partial charge in [-0.2, -0.15) is 0 Å². The van der Waals surface area contributed by atoms with Crippen molar-refractivity contribution in [2.24, 2.45) is 5.92 Å². The minimum Gasteiger partial charge on any atom is -0.492 e. The molecule has 2 aromatic rings. The van der Waals surface area contributed by atoms with Crippen LogP contribution >= 0.6 is 0 Å². The van der Waals surface area contributed by atoms with Gasteiger partial charge in [0.25, 0.3) is 0 Å². The van der Waals surface area contributed by atoms with E-state index < -0.39 is 24.1 Å². The Bertz CT molecular complexity index is 1120. The molecule has 0 saturated heterocycles. The van der Waals surface area contributed by atoms with Gasteiger partial charge in [0.15, 0.2) is 0 Å². The fourth-order valence-corrected chi connectivity index (χ4v) is 4.31. The van der Waals surface area contributed by atoms with E-state index in [4.69, 9.17) is 4.74 Å². The van der Waals surface area contributed by atoms with Crippen LogP contribution in [0.1, 0.15) is 30.9 Å². The zero-order chi connectivity index (χ0) is 28.2. The molecule has 0 bridgehead atoms. The van der Waals surface area contributed by atoms with Crippen molar-refractivity contribution >= 4 is 23.8 Å². The Balaban J connectivity index is 0.000000520. The van der Waals surface area contributed by atoms with Gasteiger partial charge in [-0.05, 0) is 38.7 Å². The summed E-state index contributed by atoms with van der Waals surface area (Å²) in [5.74, 6) is -0.304. The van der Waals surface area contributed by atoms with Gasteiger partial charge in [0, 0.05) is 25.7 Å². The second-order valence-corrected chi connectivity index (χ2v) is 9.87. The summed E-state index contributed by atoms with van der Waals surface area (Å²) in [5, 5.41) is 18.7. The Morgan fingerprint density at radius 1 is 1.00 bits per heavy atom. The molecule has 210 valence electrons. The van der Waals surface area contributed by atoms with Gasteiger partial charge < -0.3 is 30.7 Å². The van der Waals surface area contributed by atoms with Crippen LogP contribution in [0.3, 0.4) is 0 Å². The molecule has 3 unspecified atom stereocenters. The van der Waals surface area contributed by atoms with Crippen molar-refractivity contribution < 1.29 is 24.2 Å². The zero-order valence-corrected chi connectivity index (χ0v) is 22.9. The number of hydrogen-bond donors (Lipinski definition) is 4. The van der Waals surface area contributed by atoms with Crippen LogP contribution in [-0.4, -0.2) is 79.2 Å².